The summed E-state index contributed by atoms with van der Waals surface area (Å²) in [5, 5.41) is 0. The van der Waals surface area contributed by atoms with Crippen LogP contribution in [0.3, 0.4) is 0 Å². The molecule has 122 valence electrons. The summed E-state index contributed by atoms with van der Waals surface area (Å²) in [5.41, 5.74) is 2.41. The Morgan fingerprint density at radius 3 is 2.25 bits per heavy atom. The van der Waals surface area contributed by atoms with E-state index in [1.54, 1.807) is 6.92 Å². The van der Waals surface area contributed by atoms with E-state index < -0.39 is 5.69 Å². The van der Waals surface area contributed by atoms with Gasteiger partial charge in [-0.2, -0.15) is 0 Å². The highest BCUT2D eigenvalue weighted by Gasteiger charge is 2.07. The maximum Gasteiger partial charge on any atom is 0.325 e. The van der Waals surface area contributed by atoms with Gasteiger partial charge in [-0.05, 0) is 30.2 Å². The second kappa shape index (κ2) is 7.00. The molecule has 0 saturated heterocycles. The highest BCUT2D eigenvalue weighted by molar-refractivity contribution is 5.32. The van der Waals surface area contributed by atoms with E-state index >= 15 is 0 Å². The van der Waals surface area contributed by atoms with Crippen molar-refractivity contribution < 1.29 is 4.74 Å². The van der Waals surface area contributed by atoms with E-state index in [9.17, 15) is 9.59 Å². The van der Waals surface area contributed by atoms with Crippen LogP contribution in [0, 0.1) is 6.92 Å². The molecule has 5 heteroatoms. The fraction of sp³-hybridized carbons (Fsp3) is 0.158. The molecule has 1 aromatic heterocycles. The van der Waals surface area contributed by atoms with Crippen molar-refractivity contribution in [2.45, 2.75) is 20.0 Å². The standard InChI is InChI=1S/C19H18N2O3/c1-13-17(18(22)21-19(23)20-13)11-14-7-9-16(10-8-14)24-12-15-5-3-2-4-6-15/h2-10H,11-12H2,1H3,(H2,20,21,22,23). The Hall–Kier alpha value is -3.08. The molecular weight excluding hydrogens is 304 g/mol. The first-order valence-corrected chi connectivity index (χ1v) is 7.69. The van der Waals surface area contributed by atoms with Crippen molar-refractivity contribution in [3.05, 3.63) is 97.8 Å². The van der Waals surface area contributed by atoms with Crippen LogP contribution in [0.4, 0.5) is 0 Å². The number of benzene rings is 2. The maximum atomic E-state index is 11.9. The van der Waals surface area contributed by atoms with Crippen LogP contribution in [0.5, 0.6) is 5.75 Å². The zero-order valence-electron chi connectivity index (χ0n) is 13.3. The zero-order valence-corrected chi connectivity index (χ0v) is 13.3. The lowest BCUT2D eigenvalue weighted by atomic mass is 10.1. The summed E-state index contributed by atoms with van der Waals surface area (Å²) in [5.74, 6) is 0.773. The Kier molecular flexibility index (Phi) is 4.61. The minimum Gasteiger partial charge on any atom is -0.489 e. The molecule has 3 rings (SSSR count). The number of aromatic nitrogens is 2. The molecule has 0 atom stereocenters. The van der Waals surface area contributed by atoms with Gasteiger partial charge in [-0.15, -0.1) is 0 Å². The van der Waals surface area contributed by atoms with Crippen LogP contribution in [0.25, 0.3) is 0 Å². The van der Waals surface area contributed by atoms with Crippen molar-refractivity contribution in [2.75, 3.05) is 0 Å². The highest BCUT2D eigenvalue weighted by atomic mass is 16.5. The Labute approximate surface area is 139 Å². The number of H-pyrrole nitrogens is 2. The van der Waals surface area contributed by atoms with Gasteiger partial charge in [0.2, 0.25) is 0 Å². The average molecular weight is 322 g/mol. The minimum atomic E-state index is -0.481. The van der Waals surface area contributed by atoms with E-state index in [-0.39, 0.29) is 5.56 Å². The first-order chi connectivity index (χ1) is 11.6. The van der Waals surface area contributed by atoms with Gasteiger partial charge in [-0.3, -0.25) is 9.78 Å². The predicted octanol–water partition coefficient (Wildman–Crippen LogP) is 2.54. The van der Waals surface area contributed by atoms with E-state index in [4.69, 9.17) is 4.74 Å². The van der Waals surface area contributed by atoms with Crippen molar-refractivity contribution in [3.63, 3.8) is 0 Å². The summed E-state index contributed by atoms with van der Waals surface area (Å²) in [4.78, 5) is 28.0. The Morgan fingerprint density at radius 2 is 1.58 bits per heavy atom. The van der Waals surface area contributed by atoms with Crippen LogP contribution in [0.1, 0.15) is 22.4 Å². The first-order valence-electron chi connectivity index (χ1n) is 7.69. The molecule has 0 fully saturated rings. The Morgan fingerprint density at radius 1 is 0.875 bits per heavy atom. The van der Waals surface area contributed by atoms with E-state index in [2.05, 4.69) is 9.97 Å². The van der Waals surface area contributed by atoms with Gasteiger partial charge in [0.25, 0.3) is 5.56 Å². The fourth-order valence-electron chi connectivity index (χ4n) is 2.49. The molecule has 5 nitrogen and oxygen atoms in total. The van der Waals surface area contributed by atoms with Gasteiger partial charge >= 0.3 is 5.69 Å². The summed E-state index contributed by atoms with van der Waals surface area (Å²) >= 11 is 0. The van der Waals surface area contributed by atoms with Crippen LogP contribution in [0.15, 0.2) is 64.2 Å². The smallest absolute Gasteiger partial charge is 0.325 e. The van der Waals surface area contributed by atoms with Crippen molar-refractivity contribution >= 4 is 0 Å². The van der Waals surface area contributed by atoms with Gasteiger partial charge in [-0.25, -0.2) is 4.79 Å². The SMILES string of the molecule is Cc1[nH]c(=O)[nH]c(=O)c1Cc1ccc(OCc2ccccc2)cc1. The van der Waals surface area contributed by atoms with Crippen LogP contribution in [-0.4, -0.2) is 9.97 Å². The van der Waals surface area contributed by atoms with Gasteiger partial charge in [0.05, 0.1) is 0 Å². The predicted molar refractivity (Wildman–Crippen MR) is 92.4 cm³/mol. The van der Waals surface area contributed by atoms with E-state index in [1.165, 1.54) is 0 Å². The van der Waals surface area contributed by atoms with Crippen LogP contribution in [-0.2, 0) is 13.0 Å². The third kappa shape index (κ3) is 3.81. The minimum absolute atomic E-state index is 0.347. The second-order valence-electron chi connectivity index (χ2n) is 5.61. The Balaban J connectivity index is 1.69. The molecule has 0 amide bonds. The van der Waals surface area contributed by atoms with E-state index in [0.29, 0.717) is 24.3 Å². The lowest BCUT2D eigenvalue weighted by Crippen LogP contribution is -2.27. The number of aryl methyl sites for hydroxylation is 1. The van der Waals surface area contributed by atoms with Crippen molar-refractivity contribution in [1.29, 1.82) is 0 Å². The topological polar surface area (TPSA) is 75.0 Å². The molecule has 0 aliphatic rings. The number of hydrogen-bond acceptors (Lipinski definition) is 3. The number of nitrogens with one attached hydrogen (secondary N) is 2. The van der Waals surface area contributed by atoms with Gasteiger partial charge in [0.15, 0.2) is 0 Å². The summed E-state index contributed by atoms with van der Waals surface area (Å²) in [6, 6.07) is 17.6. The molecule has 1 heterocycles. The molecule has 0 bridgehead atoms. The molecule has 0 aliphatic heterocycles. The molecule has 0 spiro atoms. The average Bonchev–Trinajstić information content (AvgIpc) is 2.58. The van der Waals surface area contributed by atoms with Crippen molar-refractivity contribution in [1.82, 2.24) is 9.97 Å². The lowest BCUT2D eigenvalue weighted by Gasteiger charge is -2.08. The van der Waals surface area contributed by atoms with Crippen LogP contribution < -0.4 is 16.0 Å². The molecule has 2 N–H and O–H groups in total. The van der Waals surface area contributed by atoms with Gasteiger partial charge in [0, 0.05) is 17.7 Å². The third-order valence-electron chi connectivity index (χ3n) is 3.81. The summed E-state index contributed by atoms with van der Waals surface area (Å²) in [6.45, 7) is 2.24. The quantitative estimate of drug-likeness (QED) is 0.758. The lowest BCUT2D eigenvalue weighted by molar-refractivity contribution is 0.306. The van der Waals surface area contributed by atoms with E-state index in [0.717, 1.165) is 16.9 Å². The van der Waals surface area contributed by atoms with Gasteiger partial charge in [0.1, 0.15) is 12.4 Å². The normalized spacial score (nSPS) is 10.5. The molecular formula is C19H18N2O3. The highest BCUT2D eigenvalue weighted by Crippen LogP contribution is 2.16. The van der Waals surface area contributed by atoms with Crippen molar-refractivity contribution in [3.8, 4) is 5.75 Å². The monoisotopic (exact) mass is 322 g/mol. The van der Waals surface area contributed by atoms with Crippen LogP contribution in [0.2, 0.25) is 0 Å². The van der Waals surface area contributed by atoms with E-state index in [1.807, 2.05) is 54.6 Å². The molecule has 3 aromatic rings. The first kappa shape index (κ1) is 15.8. The molecule has 24 heavy (non-hydrogen) atoms. The summed E-state index contributed by atoms with van der Waals surface area (Å²) in [7, 11) is 0. The second-order valence-corrected chi connectivity index (χ2v) is 5.61. The Bertz CT molecular complexity index is 925. The molecule has 2 aromatic carbocycles. The third-order valence-corrected chi connectivity index (χ3v) is 3.81. The number of hydrogen-bond donors (Lipinski definition) is 2. The van der Waals surface area contributed by atoms with Gasteiger partial charge in [-0.1, -0.05) is 42.5 Å². The molecule has 0 saturated carbocycles. The fourth-order valence-corrected chi connectivity index (χ4v) is 2.49. The zero-order chi connectivity index (χ0) is 16.9. The number of aromatic amines is 2. The van der Waals surface area contributed by atoms with Gasteiger partial charge < -0.3 is 9.72 Å². The molecule has 0 aliphatic carbocycles. The molecule has 0 unspecified atom stereocenters. The molecule has 0 radical (unpaired) electrons. The number of rotatable bonds is 5. The maximum absolute atomic E-state index is 11.9. The van der Waals surface area contributed by atoms with Crippen molar-refractivity contribution in [2.24, 2.45) is 0 Å². The largest absolute Gasteiger partial charge is 0.489 e. The number of ether oxygens (including phenoxy) is 1. The summed E-state index contributed by atoms with van der Waals surface area (Å²) < 4.78 is 5.75. The summed E-state index contributed by atoms with van der Waals surface area (Å²) in [6.07, 6.45) is 0.455. The van der Waals surface area contributed by atoms with Crippen LogP contribution >= 0.6 is 0 Å².